The number of nitrogens with one attached hydrogen (secondary N) is 3. The molecule has 0 bridgehead atoms. The second-order valence-electron chi connectivity index (χ2n) is 13.4. The normalized spacial score (nSPS) is 16.9. The van der Waals surface area contributed by atoms with E-state index in [1.165, 1.54) is 11.3 Å². The van der Waals surface area contributed by atoms with Crippen molar-refractivity contribution in [2.45, 2.75) is 96.8 Å². The van der Waals surface area contributed by atoms with E-state index in [0.717, 1.165) is 53.1 Å². The lowest BCUT2D eigenvalue weighted by Crippen LogP contribution is -2.80. The summed E-state index contributed by atoms with van der Waals surface area (Å²) in [5.74, 6) is 0.493. The average molecular weight is 677 g/mol. The number of nitrogens with zero attached hydrogens (tertiary/aromatic N) is 2. The van der Waals surface area contributed by atoms with Crippen molar-refractivity contribution in [3.8, 4) is 0 Å². The number of rotatable bonds is 17. The molecule has 1 aromatic heterocycles. The molecule has 2 atom stereocenters. The van der Waals surface area contributed by atoms with Gasteiger partial charge in [-0.25, -0.2) is 0 Å². The monoisotopic (exact) mass is 676 g/mol. The number of hydrogen-bond acceptors (Lipinski definition) is 9. The van der Waals surface area contributed by atoms with Crippen LogP contribution in [-0.4, -0.2) is 47.2 Å². The number of nitrogens with two attached hydrogens (primary N) is 2. The van der Waals surface area contributed by atoms with Crippen molar-refractivity contribution in [1.29, 1.82) is 0 Å². The highest BCUT2D eigenvalue weighted by Crippen LogP contribution is 2.31. The first-order valence-electron chi connectivity index (χ1n) is 16.4. The number of unbranched alkanes of at least 4 members (excludes halogenated alkanes) is 1. The highest BCUT2D eigenvalue weighted by Gasteiger charge is 2.45. The lowest BCUT2D eigenvalue weighted by atomic mass is 9.92. The highest BCUT2D eigenvalue weighted by atomic mass is 32.1. The van der Waals surface area contributed by atoms with Crippen LogP contribution in [-0.2, 0) is 43.9 Å². The van der Waals surface area contributed by atoms with Crippen molar-refractivity contribution >= 4 is 28.3 Å². The molecule has 11 nitrogen and oxygen atoms in total. The number of aromatic nitrogens is 2. The number of amides is 2. The molecule has 2 aromatic carbocycles. The maximum absolute atomic E-state index is 12.8. The highest BCUT2D eigenvalue weighted by molar-refractivity contribution is 7.15. The van der Waals surface area contributed by atoms with Gasteiger partial charge in [0, 0.05) is 23.7 Å². The van der Waals surface area contributed by atoms with Crippen LogP contribution in [0.15, 0.2) is 78.3 Å². The van der Waals surface area contributed by atoms with E-state index in [9.17, 15) is 9.59 Å². The molecule has 4 rings (SSSR count). The third-order valence-electron chi connectivity index (χ3n) is 7.54. The van der Waals surface area contributed by atoms with E-state index in [0.29, 0.717) is 17.4 Å². The fourth-order valence-electron chi connectivity index (χ4n) is 4.98. The Morgan fingerprint density at radius 3 is 2.44 bits per heavy atom. The average Bonchev–Trinajstić information content (AvgIpc) is 3.55. The van der Waals surface area contributed by atoms with Crippen LogP contribution in [0.25, 0.3) is 0 Å². The number of quaternary nitrogens is 1. The number of allylic oxidation sites excluding steroid dienone is 3. The molecule has 2 unspecified atom stereocenters. The van der Waals surface area contributed by atoms with Gasteiger partial charge in [-0.15, -0.1) is 10.2 Å². The molecular formula is C36H50N7O4S+. The number of hydrogen-bond donors (Lipinski definition) is 5. The molecule has 1 aliphatic heterocycles. The van der Waals surface area contributed by atoms with E-state index in [4.69, 9.17) is 15.2 Å². The van der Waals surface area contributed by atoms with Gasteiger partial charge in [0.2, 0.25) is 22.8 Å². The Balaban J connectivity index is 1.17. The minimum atomic E-state index is -0.379. The fourth-order valence-corrected chi connectivity index (χ4v) is 5.78. The smallest absolute Gasteiger partial charge is 0.232 e. The van der Waals surface area contributed by atoms with E-state index in [-0.39, 0.29) is 41.9 Å². The van der Waals surface area contributed by atoms with Gasteiger partial charge in [-0.05, 0) is 76.6 Å². The summed E-state index contributed by atoms with van der Waals surface area (Å²) in [7, 11) is 1.87. The van der Waals surface area contributed by atoms with Gasteiger partial charge in [-0.2, -0.15) is 0 Å². The lowest BCUT2D eigenvalue weighted by molar-refractivity contribution is -0.580. The first-order valence-corrected chi connectivity index (χ1v) is 17.2. The lowest BCUT2D eigenvalue weighted by Gasteiger charge is -2.27. The number of ether oxygens (including phenoxy) is 2. The maximum atomic E-state index is 12.8. The van der Waals surface area contributed by atoms with Crippen LogP contribution >= 0.6 is 11.3 Å². The van der Waals surface area contributed by atoms with Gasteiger partial charge in [-0.3, -0.25) is 20.2 Å². The summed E-state index contributed by atoms with van der Waals surface area (Å²) in [6.45, 7) is 10.2. The molecular weight excluding hydrogens is 627 g/mol. The predicted octanol–water partition coefficient (Wildman–Crippen LogP) is 3.99. The van der Waals surface area contributed by atoms with E-state index in [2.05, 4.69) is 40.0 Å². The largest absolute Gasteiger partial charge is 0.402 e. The molecule has 12 heteroatoms. The van der Waals surface area contributed by atoms with Crippen LogP contribution in [0.2, 0.25) is 0 Å². The van der Waals surface area contributed by atoms with Gasteiger partial charge < -0.3 is 25.8 Å². The topological polar surface area (TPSA) is 160 Å². The summed E-state index contributed by atoms with van der Waals surface area (Å²) in [5.41, 5.74) is 9.22. The zero-order chi connectivity index (χ0) is 34.7. The van der Waals surface area contributed by atoms with Gasteiger partial charge in [0.1, 0.15) is 5.01 Å². The molecule has 1 fully saturated rings. The molecule has 0 spiro atoms. The van der Waals surface area contributed by atoms with Gasteiger partial charge in [-0.1, -0.05) is 65.9 Å². The number of carbonyl (C=O) groups excluding carboxylic acids is 2. The Bertz CT molecular complexity index is 1580. The molecule has 0 saturated carbocycles. The number of aryl methyl sites for hydroxylation is 1. The molecule has 0 aliphatic carbocycles. The third kappa shape index (κ3) is 12.6. The van der Waals surface area contributed by atoms with Crippen LogP contribution in [0.5, 0.6) is 0 Å². The molecule has 1 aliphatic rings. The quantitative estimate of drug-likeness (QED) is 0.0815. The summed E-state index contributed by atoms with van der Waals surface area (Å²) in [4.78, 5) is 25.2. The summed E-state index contributed by atoms with van der Waals surface area (Å²) in [5, 5.41) is 20.9. The second kappa shape index (κ2) is 16.9. The molecule has 3 aromatic rings. The zero-order valence-corrected chi connectivity index (χ0v) is 29.7. The Morgan fingerprint density at radius 2 is 1.71 bits per heavy atom. The first-order chi connectivity index (χ1) is 22.8. The predicted molar refractivity (Wildman–Crippen MR) is 188 cm³/mol. The van der Waals surface area contributed by atoms with Crippen molar-refractivity contribution in [2.75, 3.05) is 12.4 Å². The molecule has 2 heterocycles. The van der Waals surface area contributed by atoms with Crippen LogP contribution in [0.1, 0.15) is 75.6 Å². The van der Waals surface area contributed by atoms with Crippen LogP contribution in [0, 0.1) is 0 Å². The van der Waals surface area contributed by atoms with E-state index < -0.39 is 0 Å². The summed E-state index contributed by atoms with van der Waals surface area (Å²) in [6, 6.07) is 17.6. The van der Waals surface area contributed by atoms with Crippen LogP contribution in [0.3, 0.4) is 0 Å². The van der Waals surface area contributed by atoms with E-state index in [1.54, 1.807) is 0 Å². The number of anilines is 1. The minimum Gasteiger partial charge on any atom is -0.402 e. The Hall–Kier alpha value is -3.94. The molecule has 2 amide bonds. The molecule has 7 N–H and O–H groups in total. The standard InChI is InChI=1S/C36H49N7O4S/c1-35(2,3)47-33-32(46-33)41-36(4,5)26-16-12-15-25(21-26)23-30(45)40-34-43-42-31(48-34)18-11-10-17-27(37)19-20-28(38-6)39-29(44)22-24-13-8-7-9-14-24/h7-9,12-16,19-21,32-33,38,41H,10-11,17-18,22-23,37H2,1-6H3,(H,39,44)(H,40,43,45)/p+1/b27-19-,28-20+. The molecule has 0 radical (unpaired) electrons. The molecule has 48 heavy (non-hydrogen) atoms. The van der Waals surface area contributed by atoms with E-state index >= 15 is 0 Å². The second-order valence-corrected chi connectivity index (χ2v) is 14.5. The minimum absolute atomic E-state index is 0.0722. The van der Waals surface area contributed by atoms with Crippen molar-refractivity contribution in [2.24, 2.45) is 5.73 Å². The summed E-state index contributed by atoms with van der Waals surface area (Å²) in [6.07, 6.45) is 6.99. The maximum Gasteiger partial charge on any atom is 0.232 e. The van der Waals surface area contributed by atoms with Crippen molar-refractivity contribution in [3.63, 3.8) is 0 Å². The summed E-state index contributed by atoms with van der Waals surface area (Å²) >= 11 is 1.39. The van der Waals surface area contributed by atoms with Gasteiger partial charge >= 0.3 is 0 Å². The van der Waals surface area contributed by atoms with Crippen molar-refractivity contribution in [3.05, 3.63) is 100.0 Å². The number of carbonyl (C=O) groups is 2. The Kier molecular flexibility index (Phi) is 13.0. The Morgan fingerprint density at radius 1 is 0.979 bits per heavy atom. The third-order valence-corrected chi connectivity index (χ3v) is 8.43. The van der Waals surface area contributed by atoms with Crippen LogP contribution in [0.4, 0.5) is 5.13 Å². The fraction of sp³-hybridized carbons (Fsp3) is 0.444. The van der Waals surface area contributed by atoms with Gasteiger partial charge in [0.25, 0.3) is 0 Å². The van der Waals surface area contributed by atoms with E-state index in [1.807, 2.05) is 99.9 Å². The zero-order valence-electron chi connectivity index (χ0n) is 28.8. The summed E-state index contributed by atoms with van der Waals surface area (Å²) < 4.78 is 11.6. The SMILES string of the molecule is C[NH2+]/C(=C\C=C(/N)CCCCc1nnc(NC(=O)Cc2cccc(C(C)(C)NC3OC3OC(C)(C)C)c2)s1)NC(=O)Cc1ccccc1. The van der Waals surface area contributed by atoms with Crippen molar-refractivity contribution in [1.82, 2.24) is 20.8 Å². The first kappa shape index (κ1) is 36.9. The van der Waals surface area contributed by atoms with Gasteiger partial charge in [0.15, 0.2) is 12.5 Å². The number of benzene rings is 2. The Labute approximate surface area is 287 Å². The molecule has 1 saturated heterocycles. The van der Waals surface area contributed by atoms with Gasteiger partial charge in [0.05, 0.1) is 25.5 Å². The number of epoxide rings is 1. The molecule has 258 valence electrons. The van der Waals surface area contributed by atoms with Crippen molar-refractivity contribution < 1.29 is 24.4 Å². The van der Waals surface area contributed by atoms with Crippen LogP contribution < -0.4 is 27.0 Å².